The van der Waals surface area contributed by atoms with Crippen molar-refractivity contribution >= 4 is 57.1 Å². The second-order valence-corrected chi connectivity index (χ2v) is 10.3. The summed E-state index contributed by atoms with van der Waals surface area (Å²) in [5, 5.41) is 8.54. The first kappa shape index (κ1) is 27.0. The number of anilines is 3. The Hall–Kier alpha value is -3.61. The van der Waals surface area contributed by atoms with Gasteiger partial charge in [-0.1, -0.05) is 35.9 Å². The average molecular weight is 574 g/mol. The predicted molar refractivity (Wildman–Crippen MR) is 151 cm³/mol. The highest BCUT2D eigenvalue weighted by atomic mass is 35.5. The number of carbonyl (C=O) groups excluding carboxylic acids is 1. The van der Waals surface area contributed by atoms with Gasteiger partial charge in [-0.05, 0) is 42.3 Å². The van der Waals surface area contributed by atoms with Crippen LogP contribution in [0.25, 0.3) is 10.4 Å². The van der Waals surface area contributed by atoms with Crippen molar-refractivity contribution < 1.29 is 18.3 Å². The minimum absolute atomic E-state index is 0.0984. The molecule has 9 nitrogen and oxygen atoms in total. The van der Waals surface area contributed by atoms with Crippen LogP contribution in [-0.4, -0.2) is 62.1 Å². The molecule has 2 aliphatic heterocycles. The maximum absolute atomic E-state index is 15.2. The molecule has 2 saturated heterocycles. The van der Waals surface area contributed by atoms with Gasteiger partial charge in [-0.25, -0.2) is 23.6 Å². The molecule has 2 fully saturated rings. The number of guanidine groups is 1. The molecular weight excluding hydrogens is 548 g/mol. The van der Waals surface area contributed by atoms with E-state index in [-0.39, 0.29) is 29.8 Å². The summed E-state index contributed by atoms with van der Waals surface area (Å²) < 4.78 is 34.2. The first-order valence-electron chi connectivity index (χ1n) is 12.4. The lowest BCUT2D eigenvalue weighted by Gasteiger charge is -2.26. The molecule has 0 bridgehead atoms. The summed E-state index contributed by atoms with van der Waals surface area (Å²) in [5.74, 6) is -1.41. The number of hydrogen-bond donors (Lipinski definition) is 2. The van der Waals surface area contributed by atoms with Gasteiger partial charge in [-0.2, -0.15) is 0 Å². The number of hydrogen-bond acceptors (Lipinski definition) is 6. The van der Waals surface area contributed by atoms with Crippen LogP contribution in [0.5, 0.6) is 0 Å². The number of nitrogens with two attached hydrogens (primary N) is 1. The maximum atomic E-state index is 15.2. The standard InChI is InChI=1S/C26H26ClF2N7O2S/c1-2-19(32-24(30)31)22-23(39-25(33-22)34-9-11-38-12-10-34)15-3-5-18(29)21(13-15)36-8-7-35(26(36)37)20-6-4-16(28)14-17(20)27/h3-6,13-14H,2,7-12H2,1H3,(H3,30,31). The number of amides is 2. The van der Waals surface area contributed by atoms with Gasteiger partial charge in [-0.15, -0.1) is 0 Å². The number of halogens is 3. The number of nitrogens with one attached hydrogen (secondary N) is 1. The molecule has 0 radical (unpaired) electrons. The number of aromatic nitrogens is 1. The van der Waals surface area contributed by atoms with E-state index in [4.69, 9.17) is 32.5 Å². The van der Waals surface area contributed by atoms with Gasteiger partial charge in [-0.3, -0.25) is 15.2 Å². The molecule has 0 spiro atoms. The zero-order valence-corrected chi connectivity index (χ0v) is 22.7. The normalized spacial score (nSPS) is 16.4. The van der Waals surface area contributed by atoms with Crippen molar-refractivity contribution in [1.82, 2.24) is 4.98 Å². The molecule has 3 N–H and O–H groups in total. The summed E-state index contributed by atoms with van der Waals surface area (Å²) in [5.41, 5.74) is 7.79. The summed E-state index contributed by atoms with van der Waals surface area (Å²) in [4.78, 5) is 28.0. The van der Waals surface area contributed by atoms with Crippen LogP contribution in [-0.2, 0) is 4.74 Å². The molecule has 0 atom stereocenters. The number of ether oxygens (including phenoxy) is 1. The van der Waals surface area contributed by atoms with E-state index in [1.54, 1.807) is 12.1 Å². The second kappa shape index (κ2) is 11.2. The Morgan fingerprint density at radius 1 is 1.13 bits per heavy atom. The molecule has 3 aromatic rings. The number of benzene rings is 2. The first-order valence-corrected chi connectivity index (χ1v) is 13.6. The number of carbonyl (C=O) groups is 1. The summed E-state index contributed by atoms with van der Waals surface area (Å²) >= 11 is 7.62. The molecule has 3 heterocycles. The highest BCUT2D eigenvalue weighted by Gasteiger charge is 2.34. The Morgan fingerprint density at radius 3 is 2.51 bits per heavy atom. The zero-order valence-electron chi connectivity index (χ0n) is 21.1. The second-order valence-electron chi connectivity index (χ2n) is 8.92. The van der Waals surface area contributed by atoms with E-state index in [1.165, 1.54) is 39.3 Å². The first-order chi connectivity index (χ1) is 18.8. The van der Waals surface area contributed by atoms with Gasteiger partial charge in [0.15, 0.2) is 5.13 Å². The van der Waals surface area contributed by atoms with Crippen LogP contribution in [0, 0.1) is 17.0 Å². The number of nitrogens with zero attached hydrogens (tertiary/aromatic N) is 5. The highest BCUT2D eigenvalue weighted by molar-refractivity contribution is 7.19. The van der Waals surface area contributed by atoms with Crippen LogP contribution < -0.4 is 20.4 Å². The number of urea groups is 1. The lowest BCUT2D eigenvalue weighted by molar-refractivity contribution is 0.122. The van der Waals surface area contributed by atoms with Crippen molar-refractivity contribution in [2.45, 2.75) is 13.3 Å². The molecule has 2 amide bonds. The van der Waals surface area contributed by atoms with E-state index >= 15 is 4.39 Å². The van der Waals surface area contributed by atoms with Crippen molar-refractivity contribution in [2.75, 3.05) is 54.1 Å². The Balaban J connectivity index is 1.54. The molecule has 2 aliphatic rings. The number of morpholine rings is 1. The fraction of sp³-hybridized carbons (Fsp3) is 0.308. The Labute approximate surface area is 233 Å². The number of aliphatic imine (C=N–C) groups is 1. The number of thiazole rings is 1. The molecule has 0 saturated carbocycles. The third-order valence-electron chi connectivity index (χ3n) is 6.47. The lowest BCUT2D eigenvalue weighted by atomic mass is 10.1. The van der Waals surface area contributed by atoms with Crippen LogP contribution in [0.3, 0.4) is 0 Å². The minimum Gasteiger partial charge on any atom is -0.378 e. The van der Waals surface area contributed by atoms with Crippen molar-refractivity contribution in [3.05, 3.63) is 58.7 Å². The van der Waals surface area contributed by atoms with Gasteiger partial charge in [0.2, 0.25) is 5.96 Å². The Bertz CT molecular complexity index is 1460. The van der Waals surface area contributed by atoms with Crippen LogP contribution in [0.1, 0.15) is 19.0 Å². The van der Waals surface area contributed by atoms with Crippen molar-refractivity contribution in [3.63, 3.8) is 0 Å². The minimum atomic E-state index is -0.563. The zero-order chi connectivity index (χ0) is 27.7. The topological polar surface area (TPSA) is 111 Å². The Morgan fingerprint density at radius 2 is 1.85 bits per heavy atom. The highest BCUT2D eigenvalue weighted by Crippen LogP contribution is 2.39. The smallest absolute Gasteiger partial charge is 0.329 e. The SMILES string of the molecule is CCC(=NC(=N)N)c1nc(N2CCOCC2)sc1-c1ccc(F)c(N2CCN(c3ccc(F)cc3Cl)C2=O)c1. The largest absolute Gasteiger partial charge is 0.378 e. The quantitative estimate of drug-likeness (QED) is 0.314. The predicted octanol–water partition coefficient (Wildman–Crippen LogP) is 5.12. The van der Waals surface area contributed by atoms with Crippen molar-refractivity contribution in [2.24, 2.45) is 10.7 Å². The van der Waals surface area contributed by atoms with E-state index in [0.29, 0.717) is 55.4 Å². The number of rotatable bonds is 6. The van der Waals surface area contributed by atoms with Gasteiger partial charge in [0, 0.05) is 26.2 Å². The van der Waals surface area contributed by atoms with Gasteiger partial charge in [0.05, 0.1) is 40.2 Å². The maximum Gasteiger partial charge on any atom is 0.329 e. The molecule has 39 heavy (non-hydrogen) atoms. The van der Waals surface area contributed by atoms with E-state index in [9.17, 15) is 9.18 Å². The molecule has 13 heteroatoms. The molecule has 5 rings (SSSR count). The van der Waals surface area contributed by atoms with Crippen LogP contribution in [0.15, 0.2) is 41.4 Å². The van der Waals surface area contributed by atoms with Gasteiger partial charge in [0.25, 0.3) is 0 Å². The summed E-state index contributed by atoms with van der Waals surface area (Å²) in [7, 11) is 0. The van der Waals surface area contributed by atoms with E-state index in [2.05, 4.69) is 9.89 Å². The molecular formula is C26H26ClF2N7O2S. The molecule has 1 aromatic heterocycles. The fourth-order valence-electron chi connectivity index (χ4n) is 4.58. The van der Waals surface area contributed by atoms with Crippen molar-refractivity contribution in [3.8, 4) is 10.4 Å². The van der Waals surface area contributed by atoms with Crippen LogP contribution >= 0.6 is 22.9 Å². The summed E-state index contributed by atoms with van der Waals surface area (Å²) in [6, 6.07) is 7.90. The van der Waals surface area contributed by atoms with Gasteiger partial charge in [0.1, 0.15) is 17.3 Å². The monoisotopic (exact) mass is 573 g/mol. The third kappa shape index (κ3) is 5.45. The summed E-state index contributed by atoms with van der Waals surface area (Å²) in [6.45, 7) is 4.89. The molecule has 0 unspecified atom stereocenters. The van der Waals surface area contributed by atoms with E-state index in [1.807, 2.05) is 6.92 Å². The average Bonchev–Trinajstić information content (AvgIpc) is 3.52. The van der Waals surface area contributed by atoms with Gasteiger partial charge >= 0.3 is 6.03 Å². The summed E-state index contributed by atoms with van der Waals surface area (Å²) in [6.07, 6.45) is 0.477. The van der Waals surface area contributed by atoms with Crippen LogP contribution in [0.2, 0.25) is 5.02 Å². The lowest BCUT2D eigenvalue weighted by Crippen LogP contribution is -2.36. The third-order valence-corrected chi connectivity index (χ3v) is 7.94. The van der Waals surface area contributed by atoms with E-state index < -0.39 is 17.7 Å². The van der Waals surface area contributed by atoms with Crippen molar-refractivity contribution in [1.29, 1.82) is 5.41 Å². The fourth-order valence-corrected chi connectivity index (χ4v) is 5.99. The van der Waals surface area contributed by atoms with Crippen LogP contribution in [0.4, 0.5) is 30.1 Å². The Kier molecular flexibility index (Phi) is 7.78. The molecule has 2 aromatic carbocycles. The van der Waals surface area contributed by atoms with E-state index in [0.717, 1.165) is 16.1 Å². The molecule has 204 valence electrons. The molecule has 0 aliphatic carbocycles. The van der Waals surface area contributed by atoms with Gasteiger partial charge < -0.3 is 15.4 Å².